The third kappa shape index (κ3) is 5.25. The van der Waals surface area contributed by atoms with E-state index in [0.717, 1.165) is 15.4 Å². The third-order valence-electron chi connectivity index (χ3n) is 4.55. The Hall–Kier alpha value is -1.74. The van der Waals surface area contributed by atoms with Gasteiger partial charge in [-0.3, -0.25) is 4.68 Å². The van der Waals surface area contributed by atoms with Gasteiger partial charge < -0.3 is 5.11 Å². The van der Waals surface area contributed by atoms with Crippen molar-refractivity contribution in [3.05, 3.63) is 57.6 Å². The number of aliphatic hydroxyl groups excluding tert-OH is 1. The minimum absolute atomic E-state index is 0.0304. The Balaban J connectivity index is 2.43. The molecule has 1 heterocycles. The van der Waals surface area contributed by atoms with E-state index >= 15 is 0 Å². The van der Waals surface area contributed by atoms with Gasteiger partial charge >= 0.3 is 0 Å². The molecule has 0 saturated carbocycles. The average Bonchev–Trinajstić information content (AvgIpc) is 2.89. The lowest BCUT2D eigenvalue weighted by molar-refractivity contribution is 0.186. The number of aromatic nitrogens is 2. The van der Waals surface area contributed by atoms with E-state index in [0.29, 0.717) is 24.2 Å². The Morgan fingerprint density at radius 2 is 2.07 bits per heavy atom. The molecule has 1 aromatic heterocycles. The van der Waals surface area contributed by atoms with E-state index < -0.39 is 16.1 Å². The highest BCUT2D eigenvalue weighted by atomic mass is 35.5. The zero-order valence-electron chi connectivity index (χ0n) is 17.3. The van der Waals surface area contributed by atoms with Crippen molar-refractivity contribution in [3.63, 3.8) is 0 Å². The first-order valence-electron chi connectivity index (χ1n) is 9.28. The van der Waals surface area contributed by atoms with Crippen LogP contribution in [-0.2, 0) is 23.0 Å². The first-order chi connectivity index (χ1) is 13.5. The van der Waals surface area contributed by atoms with E-state index in [-0.39, 0.29) is 22.3 Å². The number of allylic oxidation sites excluding steroid dienone is 2. The van der Waals surface area contributed by atoms with E-state index in [4.69, 9.17) is 11.6 Å². The number of halogens is 2. The van der Waals surface area contributed by atoms with Crippen LogP contribution in [0.2, 0.25) is 5.02 Å². The molecule has 0 amide bonds. The summed E-state index contributed by atoms with van der Waals surface area (Å²) in [4.78, 5) is 0.0304. The Morgan fingerprint density at radius 3 is 2.59 bits per heavy atom. The van der Waals surface area contributed by atoms with Crippen LogP contribution in [0.3, 0.4) is 0 Å². The molecule has 0 fully saturated rings. The van der Waals surface area contributed by atoms with Gasteiger partial charge in [-0.05, 0) is 38.0 Å². The summed E-state index contributed by atoms with van der Waals surface area (Å²) >= 11 is 6.24. The van der Waals surface area contributed by atoms with Crippen LogP contribution in [0.25, 0.3) is 0 Å². The Bertz CT molecular complexity index is 1010. The highest BCUT2D eigenvalue weighted by Crippen LogP contribution is 2.29. The maximum absolute atomic E-state index is 14.0. The fourth-order valence-electron chi connectivity index (χ4n) is 3.14. The molecule has 1 N–H and O–H groups in total. The molecule has 160 valence electrons. The van der Waals surface area contributed by atoms with Crippen LogP contribution in [-0.4, -0.2) is 41.7 Å². The minimum Gasteiger partial charge on any atom is -0.387 e. The number of rotatable bonds is 8. The van der Waals surface area contributed by atoms with Gasteiger partial charge in [-0.15, -0.1) is 0 Å². The van der Waals surface area contributed by atoms with Crippen LogP contribution in [0.15, 0.2) is 35.0 Å². The number of sulfonamides is 1. The summed E-state index contributed by atoms with van der Waals surface area (Å²) in [5, 5.41) is 14.8. The topological polar surface area (TPSA) is 75.4 Å². The molecular weight excluding hydrogens is 417 g/mol. The fourth-order valence-corrected chi connectivity index (χ4v) is 4.57. The predicted octanol–water partition coefficient (Wildman–Crippen LogP) is 4.00. The maximum Gasteiger partial charge on any atom is 0.244 e. The van der Waals surface area contributed by atoms with Crippen molar-refractivity contribution in [2.45, 2.75) is 51.2 Å². The first kappa shape index (κ1) is 23.5. The number of aliphatic hydroxyl groups is 1. The van der Waals surface area contributed by atoms with Gasteiger partial charge in [0.2, 0.25) is 10.0 Å². The van der Waals surface area contributed by atoms with Crippen LogP contribution in [0.5, 0.6) is 0 Å². The first-order valence-corrected chi connectivity index (χ1v) is 11.1. The van der Waals surface area contributed by atoms with E-state index in [1.165, 1.54) is 30.9 Å². The maximum atomic E-state index is 14.0. The van der Waals surface area contributed by atoms with Crippen molar-refractivity contribution in [3.8, 4) is 0 Å². The largest absolute Gasteiger partial charge is 0.387 e. The second kappa shape index (κ2) is 9.38. The molecule has 0 aliphatic heterocycles. The Morgan fingerprint density at radius 1 is 1.41 bits per heavy atom. The summed E-state index contributed by atoms with van der Waals surface area (Å²) in [5.74, 6) is -0.315. The second-order valence-electron chi connectivity index (χ2n) is 7.07. The molecule has 2 aromatic rings. The second-order valence-corrected chi connectivity index (χ2v) is 9.60. The molecule has 9 heteroatoms. The SMILES string of the molecule is CC/C=C(\F)Cn1nc(C)c(Cc2ccc(S(=O)(=O)N(C)C)c(Cl)c2)c1[C@H](C)O. The summed E-state index contributed by atoms with van der Waals surface area (Å²) in [6, 6.07) is 4.75. The van der Waals surface area contributed by atoms with E-state index in [1.807, 2.05) is 6.92 Å². The summed E-state index contributed by atoms with van der Waals surface area (Å²) in [7, 11) is -0.759. The van der Waals surface area contributed by atoms with Crippen LogP contribution < -0.4 is 0 Å². The molecule has 0 spiro atoms. The molecule has 0 saturated heterocycles. The molecular formula is C20H27ClFN3O3S. The lowest BCUT2D eigenvalue weighted by Gasteiger charge is -2.14. The number of hydrogen-bond acceptors (Lipinski definition) is 4. The third-order valence-corrected chi connectivity index (χ3v) is 6.85. The van der Waals surface area contributed by atoms with Gasteiger partial charge in [0, 0.05) is 26.1 Å². The lowest BCUT2D eigenvalue weighted by Crippen LogP contribution is -2.22. The van der Waals surface area contributed by atoms with Crippen molar-refractivity contribution in [2.75, 3.05) is 14.1 Å². The van der Waals surface area contributed by atoms with Gasteiger partial charge in [-0.1, -0.05) is 30.7 Å². The van der Waals surface area contributed by atoms with Gasteiger partial charge in [-0.2, -0.15) is 5.10 Å². The van der Waals surface area contributed by atoms with Crippen LogP contribution in [0.1, 0.15) is 48.9 Å². The van der Waals surface area contributed by atoms with E-state index in [2.05, 4.69) is 5.10 Å². The summed E-state index contributed by atoms with van der Waals surface area (Å²) in [6.45, 7) is 5.21. The smallest absolute Gasteiger partial charge is 0.244 e. The van der Waals surface area contributed by atoms with Gasteiger partial charge in [-0.25, -0.2) is 17.1 Å². The molecule has 0 aliphatic rings. The molecule has 2 rings (SSSR count). The Kier molecular flexibility index (Phi) is 7.62. The molecule has 0 unspecified atom stereocenters. The number of benzene rings is 1. The number of aryl methyl sites for hydroxylation is 1. The molecule has 1 atom stereocenters. The molecule has 29 heavy (non-hydrogen) atoms. The van der Waals surface area contributed by atoms with Crippen molar-refractivity contribution < 1.29 is 17.9 Å². The van der Waals surface area contributed by atoms with Crippen LogP contribution in [0.4, 0.5) is 4.39 Å². The number of hydrogen-bond donors (Lipinski definition) is 1. The molecule has 6 nitrogen and oxygen atoms in total. The normalized spacial score (nSPS) is 13.9. The van der Waals surface area contributed by atoms with Gasteiger partial charge in [0.05, 0.1) is 29.1 Å². The van der Waals surface area contributed by atoms with E-state index in [9.17, 15) is 17.9 Å². The monoisotopic (exact) mass is 443 g/mol. The average molecular weight is 444 g/mol. The molecule has 0 bridgehead atoms. The van der Waals surface area contributed by atoms with Crippen molar-refractivity contribution in [1.82, 2.24) is 14.1 Å². The van der Waals surface area contributed by atoms with Gasteiger partial charge in [0.25, 0.3) is 0 Å². The van der Waals surface area contributed by atoms with Crippen LogP contribution in [0, 0.1) is 6.92 Å². The predicted molar refractivity (Wildman–Crippen MR) is 112 cm³/mol. The summed E-state index contributed by atoms with van der Waals surface area (Å²) in [6.07, 6.45) is 1.59. The van der Waals surface area contributed by atoms with Crippen molar-refractivity contribution in [2.24, 2.45) is 0 Å². The van der Waals surface area contributed by atoms with Crippen molar-refractivity contribution >= 4 is 21.6 Å². The van der Waals surface area contributed by atoms with E-state index in [1.54, 1.807) is 26.0 Å². The molecule has 0 aliphatic carbocycles. The van der Waals surface area contributed by atoms with Gasteiger partial charge in [0.1, 0.15) is 10.7 Å². The zero-order valence-corrected chi connectivity index (χ0v) is 18.9. The molecule has 0 radical (unpaired) electrons. The van der Waals surface area contributed by atoms with Crippen molar-refractivity contribution in [1.29, 1.82) is 0 Å². The quantitative estimate of drug-likeness (QED) is 0.669. The van der Waals surface area contributed by atoms with Gasteiger partial charge in [0.15, 0.2) is 0 Å². The highest BCUT2D eigenvalue weighted by molar-refractivity contribution is 7.89. The standard InChI is InChI=1S/C20H27ClFN3O3S/c1-6-7-16(22)12-25-20(14(3)26)17(13(2)23-25)10-15-8-9-19(18(21)11-15)29(27,28)24(4)5/h7-9,11,14,26H,6,10,12H2,1-5H3/b16-7-/t14-/m0/s1. The number of nitrogens with zero attached hydrogens (tertiary/aromatic N) is 3. The zero-order chi connectivity index (χ0) is 21.9. The molecule has 1 aromatic carbocycles. The summed E-state index contributed by atoms with van der Waals surface area (Å²) in [5.41, 5.74) is 2.74. The van der Waals surface area contributed by atoms with Crippen LogP contribution >= 0.6 is 11.6 Å². The fraction of sp³-hybridized carbons (Fsp3) is 0.450. The Labute approximate surface area is 176 Å². The lowest BCUT2D eigenvalue weighted by atomic mass is 10.0. The highest BCUT2D eigenvalue weighted by Gasteiger charge is 2.23. The summed E-state index contributed by atoms with van der Waals surface area (Å²) < 4.78 is 41.3. The minimum atomic E-state index is -3.64.